The number of nitrogens with zero attached hydrogens (tertiary/aromatic N) is 4. The molecule has 7 nitrogen and oxygen atoms in total. The Hall–Kier alpha value is -2.47. The van der Waals surface area contributed by atoms with Crippen molar-refractivity contribution in [3.8, 4) is 28.1 Å². The summed E-state index contributed by atoms with van der Waals surface area (Å²) in [6.07, 6.45) is 4.59. The van der Waals surface area contributed by atoms with E-state index in [0.717, 1.165) is 36.5 Å². The molecular formula is C21H23N5O2S. The average Bonchev–Trinajstić information content (AvgIpc) is 3.22. The first-order chi connectivity index (χ1) is 14.2. The second kappa shape index (κ2) is 7.75. The Labute approximate surface area is 174 Å². The Bertz CT molecular complexity index is 919. The third-order valence-corrected chi connectivity index (χ3v) is 6.68. The Morgan fingerprint density at radius 3 is 2.76 bits per heavy atom. The molecular weight excluding hydrogens is 386 g/mol. The van der Waals surface area contributed by atoms with Crippen molar-refractivity contribution in [2.45, 2.75) is 37.5 Å². The molecule has 4 aliphatic rings. The normalized spacial score (nSPS) is 28.0. The molecule has 1 aliphatic carbocycles. The van der Waals surface area contributed by atoms with Gasteiger partial charge in [0.25, 0.3) is 0 Å². The van der Waals surface area contributed by atoms with Gasteiger partial charge >= 0.3 is 0 Å². The summed E-state index contributed by atoms with van der Waals surface area (Å²) in [4.78, 5) is 11.0. The van der Waals surface area contributed by atoms with E-state index in [1.807, 2.05) is 17.5 Å². The largest absolute Gasteiger partial charge is 0.488 e. The maximum absolute atomic E-state index is 9.00. The summed E-state index contributed by atoms with van der Waals surface area (Å²) in [5.41, 5.74) is 1.51. The molecule has 2 unspecified atom stereocenters. The average molecular weight is 410 g/mol. The van der Waals surface area contributed by atoms with Crippen LogP contribution >= 0.6 is 11.3 Å². The van der Waals surface area contributed by atoms with Gasteiger partial charge in [-0.3, -0.25) is 9.89 Å². The van der Waals surface area contributed by atoms with Crippen LogP contribution < -0.4 is 14.8 Å². The van der Waals surface area contributed by atoms with Gasteiger partial charge in [-0.2, -0.15) is 5.26 Å². The zero-order valence-electron chi connectivity index (χ0n) is 16.1. The number of piperidine rings is 1. The van der Waals surface area contributed by atoms with Crippen molar-refractivity contribution in [1.82, 2.24) is 15.2 Å². The van der Waals surface area contributed by atoms with E-state index >= 15 is 0 Å². The molecule has 8 heteroatoms. The van der Waals surface area contributed by atoms with Crippen LogP contribution in [0.25, 0.3) is 10.6 Å². The van der Waals surface area contributed by atoms with Gasteiger partial charge in [0.2, 0.25) is 0 Å². The van der Waals surface area contributed by atoms with E-state index in [0.29, 0.717) is 36.0 Å². The number of piperazine rings is 1. The topological polar surface area (TPSA) is 82.8 Å². The van der Waals surface area contributed by atoms with Crippen LogP contribution in [-0.2, 0) is 0 Å². The second-order valence-electron chi connectivity index (χ2n) is 7.93. The number of fused-ring (bicyclic) bond motifs is 2. The van der Waals surface area contributed by atoms with Crippen molar-refractivity contribution in [3.05, 3.63) is 23.7 Å². The number of aromatic nitrogens is 1. The highest BCUT2D eigenvalue weighted by Crippen LogP contribution is 2.46. The summed E-state index contributed by atoms with van der Waals surface area (Å²) in [5.74, 6) is 1.40. The van der Waals surface area contributed by atoms with E-state index in [1.54, 1.807) is 17.5 Å². The molecule has 0 spiro atoms. The van der Waals surface area contributed by atoms with E-state index in [-0.39, 0.29) is 12.0 Å². The standard InChI is InChI=1S/C21H23N5O2S/c1-23-19-18(28-16-6-13(7-16)9-22)3-2-17(21-24-4-5-29-21)20(19)27-12-26-10-14-8-15(11-26)25-14/h2-5,13-16,25H,1,6-8,10-12H2. The summed E-state index contributed by atoms with van der Waals surface area (Å²) in [6, 6.07) is 7.34. The third-order valence-electron chi connectivity index (χ3n) is 5.88. The predicted octanol–water partition coefficient (Wildman–Crippen LogP) is 3.21. The van der Waals surface area contributed by atoms with Gasteiger partial charge in [0.1, 0.15) is 29.3 Å². The van der Waals surface area contributed by atoms with Crippen LogP contribution in [0.3, 0.4) is 0 Å². The Morgan fingerprint density at radius 1 is 1.31 bits per heavy atom. The number of ether oxygens (including phenoxy) is 2. The highest BCUT2D eigenvalue weighted by Gasteiger charge is 2.37. The van der Waals surface area contributed by atoms with E-state index < -0.39 is 0 Å². The molecule has 0 radical (unpaired) electrons. The zero-order valence-corrected chi connectivity index (χ0v) is 16.9. The molecule has 4 fully saturated rings. The minimum Gasteiger partial charge on any atom is -0.488 e. The van der Waals surface area contributed by atoms with Crippen molar-refractivity contribution in [2.75, 3.05) is 19.8 Å². The maximum atomic E-state index is 9.00. The fourth-order valence-electron chi connectivity index (χ4n) is 4.28. The van der Waals surface area contributed by atoms with E-state index in [1.165, 1.54) is 6.42 Å². The van der Waals surface area contributed by atoms with Crippen LogP contribution in [0.5, 0.6) is 11.5 Å². The molecule has 4 heterocycles. The molecule has 1 N–H and O–H groups in total. The van der Waals surface area contributed by atoms with Crippen molar-refractivity contribution >= 4 is 23.7 Å². The molecule has 0 amide bonds. The van der Waals surface area contributed by atoms with Crippen LogP contribution in [0.2, 0.25) is 0 Å². The molecule has 2 bridgehead atoms. The zero-order chi connectivity index (χ0) is 19.8. The summed E-state index contributed by atoms with van der Waals surface area (Å²) in [7, 11) is 0. The molecule has 2 atom stereocenters. The first-order valence-corrected chi connectivity index (χ1v) is 10.8. The molecule has 1 aromatic carbocycles. The van der Waals surface area contributed by atoms with Crippen LogP contribution in [0.4, 0.5) is 5.69 Å². The number of hydrogen-bond acceptors (Lipinski definition) is 8. The number of nitrogens with one attached hydrogen (secondary N) is 1. The van der Waals surface area contributed by atoms with Gasteiger partial charge in [0, 0.05) is 49.6 Å². The molecule has 1 aromatic heterocycles. The second-order valence-corrected chi connectivity index (χ2v) is 8.82. The fourth-order valence-corrected chi connectivity index (χ4v) is 4.94. The highest BCUT2D eigenvalue weighted by molar-refractivity contribution is 7.13. The molecule has 150 valence electrons. The summed E-state index contributed by atoms with van der Waals surface area (Å²) < 4.78 is 12.4. The number of rotatable bonds is 7. The molecule has 3 saturated heterocycles. The number of aliphatic imine (C=N–C) groups is 1. The van der Waals surface area contributed by atoms with Gasteiger partial charge < -0.3 is 14.8 Å². The predicted molar refractivity (Wildman–Crippen MR) is 112 cm³/mol. The lowest BCUT2D eigenvalue weighted by Gasteiger charge is -2.48. The molecule has 29 heavy (non-hydrogen) atoms. The van der Waals surface area contributed by atoms with Gasteiger partial charge in [-0.25, -0.2) is 4.98 Å². The molecule has 1 saturated carbocycles. The lowest BCUT2D eigenvalue weighted by Crippen LogP contribution is -2.67. The Balaban J connectivity index is 1.40. The van der Waals surface area contributed by atoms with E-state index in [2.05, 4.69) is 33.0 Å². The number of hydrogen-bond donors (Lipinski definition) is 1. The van der Waals surface area contributed by atoms with Gasteiger partial charge in [0.05, 0.1) is 17.6 Å². The first-order valence-electron chi connectivity index (χ1n) is 9.94. The van der Waals surface area contributed by atoms with E-state index in [9.17, 15) is 0 Å². The van der Waals surface area contributed by atoms with Crippen molar-refractivity contribution in [3.63, 3.8) is 0 Å². The lowest BCUT2D eigenvalue weighted by molar-refractivity contribution is 0.0255. The van der Waals surface area contributed by atoms with Gasteiger partial charge in [0.15, 0.2) is 5.75 Å². The van der Waals surface area contributed by atoms with Crippen molar-refractivity contribution in [1.29, 1.82) is 5.26 Å². The fraction of sp³-hybridized carbons (Fsp3) is 0.476. The number of benzene rings is 1. The lowest BCUT2D eigenvalue weighted by atomic mass is 9.83. The van der Waals surface area contributed by atoms with Crippen LogP contribution in [0.1, 0.15) is 19.3 Å². The quantitative estimate of drug-likeness (QED) is 0.707. The minimum atomic E-state index is 0.0407. The molecule has 2 aromatic rings. The smallest absolute Gasteiger partial charge is 0.160 e. The molecule has 3 aliphatic heterocycles. The Kier molecular flexibility index (Phi) is 4.96. The van der Waals surface area contributed by atoms with Gasteiger partial charge in [-0.1, -0.05) is 0 Å². The SMILES string of the molecule is C=Nc1c(OC2CC(C#N)C2)ccc(-c2nccs2)c1OCN1CC2CC(C1)N2. The maximum Gasteiger partial charge on any atom is 0.160 e. The van der Waals surface area contributed by atoms with Crippen LogP contribution in [-0.4, -0.2) is 54.6 Å². The Morgan fingerprint density at radius 2 is 2.10 bits per heavy atom. The monoisotopic (exact) mass is 409 g/mol. The number of nitriles is 1. The van der Waals surface area contributed by atoms with Crippen molar-refractivity contribution < 1.29 is 9.47 Å². The third kappa shape index (κ3) is 3.62. The summed E-state index contributed by atoms with van der Waals surface area (Å²) in [6.45, 7) is 6.25. The van der Waals surface area contributed by atoms with Gasteiger partial charge in [-0.15, -0.1) is 11.3 Å². The van der Waals surface area contributed by atoms with Crippen molar-refractivity contribution in [2.24, 2.45) is 10.9 Å². The first kappa shape index (κ1) is 18.6. The number of thiazole rings is 1. The summed E-state index contributed by atoms with van der Waals surface area (Å²) >= 11 is 1.56. The van der Waals surface area contributed by atoms with Crippen LogP contribution in [0, 0.1) is 17.2 Å². The summed E-state index contributed by atoms with van der Waals surface area (Å²) in [5, 5.41) is 15.4. The molecule has 6 rings (SSSR count). The minimum absolute atomic E-state index is 0.0407. The van der Waals surface area contributed by atoms with Crippen LogP contribution in [0.15, 0.2) is 28.7 Å². The van der Waals surface area contributed by atoms with Gasteiger partial charge in [-0.05, 0) is 25.3 Å². The highest BCUT2D eigenvalue weighted by atomic mass is 32.1. The van der Waals surface area contributed by atoms with E-state index in [4.69, 9.17) is 14.7 Å².